The van der Waals surface area contributed by atoms with Crippen molar-refractivity contribution in [1.29, 1.82) is 0 Å². The maximum absolute atomic E-state index is 5.83. The molecule has 54 valence electrons. The molecule has 0 heterocycles. The third-order valence-corrected chi connectivity index (χ3v) is 3.65. The van der Waals surface area contributed by atoms with Crippen LogP contribution in [0.15, 0.2) is 0 Å². The first-order valence-corrected chi connectivity index (χ1v) is 4.15. The standard InChI is InChI=1S/C6H10BrN.BrH/c7-4-5-1-6(8,2-5)3-5;/h1-4,8H2;1H. The van der Waals surface area contributed by atoms with Crippen LogP contribution in [0.5, 0.6) is 0 Å². The van der Waals surface area contributed by atoms with E-state index >= 15 is 0 Å². The minimum atomic E-state index is 0. The Bertz CT molecular complexity index is 115. The van der Waals surface area contributed by atoms with Gasteiger partial charge in [0.2, 0.25) is 0 Å². The molecule has 0 amide bonds. The van der Waals surface area contributed by atoms with E-state index < -0.39 is 0 Å². The molecule has 0 aromatic carbocycles. The second kappa shape index (κ2) is 1.95. The first-order valence-electron chi connectivity index (χ1n) is 3.03. The van der Waals surface area contributed by atoms with Crippen LogP contribution in [0.2, 0.25) is 0 Å². The van der Waals surface area contributed by atoms with Crippen molar-refractivity contribution < 1.29 is 0 Å². The van der Waals surface area contributed by atoms with Gasteiger partial charge in [-0.05, 0) is 24.7 Å². The summed E-state index contributed by atoms with van der Waals surface area (Å²) in [6.45, 7) is 0. The lowest BCUT2D eigenvalue weighted by Crippen LogP contribution is -2.72. The molecule has 0 spiro atoms. The zero-order chi connectivity index (χ0) is 5.83. The number of alkyl halides is 1. The largest absolute Gasteiger partial charge is 0.325 e. The molecule has 0 aromatic rings. The monoisotopic (exact) mass is 255 g/mol. The summed E-state index contributed by atoms with van der Waals surface area (Å²) < 4.78 is 0. The lowest BCUT2D eigenvalue weighted by atomic mass is 9.41. The second-order valence-electron chi connectivity index (χ2n) is 3.53. The van der Waals surface area contributed by atoms with Crippen LogP contribution in [-0.4, -0.2) is 10.9 Å². The van der Waals surface area contributed by atoms with Crippen LogP contribution in [0.25, 0.3) is 0 Å². The number of nitrogens with two attached hydrogens (primary N) is 1. The summed E-state index contributed by atoms with van der Waals surface area (Å²) >= 11 is 3.49. The van der Waals surface area contributed by atoms with Crippen molar-refractivity contribution in [3.8, 4) is 0 Å². The molecule has 3 heteroatoms. The molecule has 1 nitrogen and oxygen atoms in total. The van der Waals surface area contributed by atoms with Crippen LogP contribution in [0, 0.1) is 5.41 Å². The summed E-state index contributed by atoms with van der Waals surface area (Å²) in [5, 5.41) is 1.17. The molecule has 0 atom stereocenters. The Balaban J connectivity index is 0.000000405. The highest BCUT2D eigenvalue weighted by atomic mass is 79.9. The zero-order valence-electron chi connectivity index (χ0n) is 5.19. The molecule has 0 aromatic heterocycles. The van der Waals surface area contributed by atoms with Gasteiger partial charge in [-0.1, -0.05) is 15.9 Å². The fourth-order valence-corrected chi connectivity index (χ4v) is 2.82. The predicted octanol–water partition coefficient (Wildman–Crippen LogP) is 1.84. The highest BCUT2D eigenvalue weighted by Gasteiger charge is 2.64. The third-order valence-electron chi connectivity index (χ3n) is 2.46. The van der Waals surface area contributed by atoms with Gasteiger partial charge >= 0.3 is 0 Å². The Labute approximate surface area is 74.3 Å². The summed E-state index contributed by atoms with van der Waals surface area (Å²) in [7, 11) is 0. The van der Waals surface area contributed by atoms with Crippen LogP contribution in [-0.2, 0) is 0 Å². The molecule has 0 saturated heterocycles. The van der Waals surface area contributed by atoms with Crippen molar-refractivity contribution in [3.05, 3.63) is 0 Å². The van der Waals surface area contributed by atoms with Gasteiger partial charge in [0.1, 0.15) is 0 Å². The summed E-state index contributed by atoms with van der Waals surface area (Å²) in [4.78, 5) is 0. The molecule has 0 radical (unpaired) electrons. The second-order valence-corrected chi connectivity index (χ2v) is 4.09. The number of hydrogen-bond acceptors (Lipinski definition) is 1. The highest BCUT2D eigenvalue weighted by Crippen LogP contribution is 2.66. The highest BCUT2D eigenvalue weighted by molar-refractivity contribution is 9.09. The van der Waals surface area contributed by atoms with Gasteiger partial charge in [-0.3, -0.25) is 0 Å². The summed E-state index contributed by atoms with van der Waals surface area (Å²) in [6, 6.07) is 0. The Morgan fingerprint density at radius 3 is 1.89 bits per heavy atom. The molecule has 2 N–H and O–H groups in total. The van der Waals surface area contributed by atoms with Gasteiger partial charge in [-0.25, -0.2) is 0 Å². The average molecular weight is 257 g/mol. The van der Waals surface area contributed by atoms with Crippen LogP contribution >= 0.6 is 32.9 Å². The first kappa shape index (κ1) is 8.02. The summed E-state index contributed by atoms with van der Waals surface area (Å²) in [5.74, 6) is 0. The molecule has 3 aliphatic rings. The van der Waals surface area contributed by atoms with Gasteiger partial charge in [0.15, 0.2) is 0 Å². The van der Waals surface area contributed by atoms with E-state index in [4.69, 9.17) is 5.73 Å². The van der Waals surface area contributed by atoms with Crippen molar-refractivity contribution in [3.63, 3.8) is 0 Å². The van der Waals surface area contributed by atoms with Crippen molar-refractivity contribution in [2.24, 2.45) is 11.1 Å². The molecular formula is C6H11Br2N. The van der Waals surface area contributed by atoms with Crippen LogP contribution < -0.4 is 5.73 Å². The Kier molecular flexibility index (Phi) is 1.74. The zero-order valence-corrected chi connectivity index (χ0v) is 8.49. The Hall–Kier alpha value is 0.920. The molecule has 3 fully saturated rings. The van der Waals surface area contributed by atoms with Gasteiger partial charge in [-0.15, -0.1) is 17.0 Å². The van der Waals surface area contributed by atoms with Crippen molar-refractivity contribution in [2.75, 3.05) is 5.33 Å². The van der Waals surface area contributed by atoms with E-state index in [0.29, 0.717) is 11.0 Å². The summed E-state index contributed by atoms with van der Waals surface area (Å²) in [6.07, 6.45) is 3.81. The van der Waals surface area contributed by atoms with Crippen LogP contribution in [0.1, 0.15) is 19.3 Å². The lowest BCUT2D eigenvalue weighted by Gasteiger charge is -2.68. The van der Waals surface area contributed by atoms with Gasteiger partial charge in [-0.2, -0.15) is 0 Å². The molecule has 0 aliphatic heterocycles. The topological polar surface area (TPSA) is 26.0 Å². The maximum Gasteiger partial charge on any atom is 0.0171 e. The number of halogens is 2. The van der Waals surface area contributed by atoms with Crippen molar-refractivity contribution in [2.45, 2.75) is 24.8 Å². The fourth-order valence-electron chi connectivity index (χ4n) is 2.23. The maximum atomic E-state index is 5.83. The van der Waals surface area contributed by atoms with E-state index in [-0.39, 0.29) is 17.0 Å². The average Bonchev–Trinajstić information content (AvgIpc) is 1.55. The summed E-state index contributed by atoms with van der Waals surface area (Å²) in [5.41, 5.74) is 6.79. The van der Waals surface area contributed by atoms with E-state index in [1.54, 1.807) is 0 Å². The van der Waals surface area contributed by atoms with E-state index in [0.717, 1.165) is 0 Å². The van der Waals surface area contributed by atoms with E-state index in [9.17, 15) is 0 Å². The minimum Gasteiger partial charge on any atom is -0.325 e. The van der Waals surface area contributed by atoms with Crippen LogP contribution in [0.3, 0.4) is 0 Å². The number of rotatable bonds is 1. The SMILES string of the molecule is Br.NC12CC(CBr)(C1)C2. The fraction of sp³-hybridized carbons (Fsp3) is 1.00. The molecule has 0 unspecified atom stereocenters. The van der Waals surface area contributed by atoms with E-state index in [1.807, 2.05) is 0 Å². The Morgan fingerprint density at radius 2 is 1.78 bits per heavy atom. The quantitative estimate of drug-likeness (QED) is 0.712. The molecule has 2 bridgehead atoms. The molecular weight excluding hydrogens is 246 g/mol. The molecule has 3 rings (SSSR count). The smallest absolute Gasteiger partial charge is 0.0171 e. The third kappa shape index (κ3) is 0.889. The van der Waals surface area contributed by atoms with E-state index in [2.05, 4.69) is 15.9 Å². The molecule has 3 aliphatic carbocycles. The molecule has 9 heavy (non-hydrogen) atoms. The van der Waals surface area contributed by atoms with Gasteiger partial charge < -0.3 is 5.73 Å². The van der Waals surface area contributed by atoms with Crippen molar-refractivity contribution in [1.82, 2.24) is 0 Å². The van der Waals surface area contributed by atoms with Gasteiger partial charge in [0.25, 0.3) is 0 Å². The van der Waals surface area contributed by atoms with E-state index in [1.165, 1.54) is 24.6 Å². The first-order chi connectivity index (χ1) is 3.68. The normalized spacial score (nSPS) is 52.7. The number of hydrogen-bond donors (Lipinski definition) is 1. The van der Waals surface area contributed by atoms with Crippen molar-refractivity contribution >= 4 is 32.9 Å². The molecule has 3 saturated carbocycles. The predicted molar refractivity (Wildman–Crippen MR) is 47.3 cm³/mol. The van der Waals surface area contributed by atoms with Gasteiger partial charge in [0.05, 0.1) is 0 Å². The Morgan fingerprint density at radius 1 is 1.33 bits per heavy atom. The van der Waals surface area contributed by atoms with Crippen LogP contribution in [0.4, 0.5) is 0 Å². The minimum absolute atomic E-state index is 0. The lowest BCUT2D eigenvalue weighted by molar-refractivity contribution is -0.110. The van der Waals surface area contributed by atoms with Gasteiger partial charge in [0, 0.05) is 10.9 Å².